The largest absolute Gasteiger partial charge is 0.336 e. The number of hydrogen-bond donors (Lipinski definition) is 0. The molecule has 1 aliphatic heterocycles. The quantitative estimate of drug-likeness (QED) is 0.419. The van der Waals surface area contributed by atoms with Crippen LogP contribution in [-0.2, 0) is 4.79 Å². The highest BCUT2D eigenvalue weighted by molar-refractivity contribution is 5.81. The molecule has 0 aromatic heterocycles. The fourth-order valence-corrected chi connectivity index (χ4v) is 3.13. The molecule has 1 aliphatic rings. The first-order valence-electron chi connectivity index (χ1n) is 8.15. The lowest BCUT2D eigenvalue weighted by Crippen LogP contribution is -2.34. The van der Waals surface area contributed by atoms with Crippen molar-refractivity contribution in [2.75, 3.05) is 6.54 Å². The molecule has 1 rings (SSSR count). The Bertz CT molecular complexity index is 274. The van der Waals surface area contributed by atoms with Gasteiger partial charge in [0.2, 0.25) is 5.91 Å². The van der Waals surface area contributed by atoms with Gasteiger partial charge in [0.25, 0.3) is 0 Å². The lowest BCUT2D eigenvalue weighted by Gasteiger charge is -2.23. The van der Waals surface area contributed by atoms with Crippen LogP contribution in [0.4, 0.5) is 0 Å². The molecule has 1 fully saturated rings. The molecular weight excluding hydrogens is 234 g/mol. The molecule has 0 radical (unpaired) electrons. The minimum Gasteiger partial charge on any atom is -0.336 e. The summed E-state index contributed by atoms with van der Waals surface area (Å²) in [5.74, 6) is 0.677. The van der Waals surface area contributed by atoms with Gasteiger partial charge >= 0.3 is 0 Å². The first-order chi connectivity index (χ1) is 9.24. The molecule has 0 aromatic rings. The number of nitrogens with zero attached hydrogens (tertiary/aromatic N) is 1. The van der Waals surface area contributed by atoms with Gasteiger partial charge in [-0.2, -0.15) is 0 Å². The Balaban J connectivity index is 2.48. The zero-order valence-electron chi connectivity index (χ0n) is 12.9. The molecule has 0 aliphatic carbocycles. The van der Waals surface area contributed by atoms with Crippen LogP contribution in [0, 0.1) is 5.92 Å². The molecule has 0 spiro atoms. The highest BCUT2D eigenvalue weighted by atomic mass is 16.2. The van der Waals surface area contributed by atoms with Gasteiger partial charge in [0.15, 0.2) is 0 Å². The molecule has 1 amide bonds. The van der Waals surface area contributed by atoms with Crippen molar-refractivity contribution >= 4 is 5.91 Å². The highest BCUT2D eigenvalue weighted by Crippen LogP contribution is 2.31. The van der Waals surface area contributed by atoms with Gasteiger partial charge in [0.05, 0.1) is 0 Å². The standard InChI is InChI=1S/C17H31NO/c1-4-7-9-11-15-14-16(12-10-8-5-2)18(13-6-3)17(15)19/h6,15-16H,3-5,7-14H2,1-2H3. The van der Waals surface area contributed by atoms with Crippen molar-refractivity contribution < 1.29 is 4.79 Å². The molecular formula is C17H31NO. The molecule has 2 heteroatoms. The Morgan fingerprint density at radius 3 is 2.37 bits per heavy atom. The zero-order chi connectivity index (χ0) is 14.1. The van der Waals surface area contributed by atoms with E-state index in [1.165, 1.54) is 44.9 Å². The average Bonchev–Trinajstić information content (AvgIpc) is 2.69. The van der Waals surface area contributed by atoms with Gasteiger partial charge in [-0.25, -0.2) is 0 Å². The molecule has 2 nitrogen and oxygen atoms in total. The van der Waals surface area contributed by atoms with Crippen LogP contribution < -0.4 is 0 Å². The fourth-order valence-electron chi connectivity index (χ4n) is 3.13. The van der Waals surface area contributed by atoms with E-state index in [0.717, 1.165) is 19.4 Å². The summed E-state index contributed by atoms with van der Waals surface area (Å²) in [6, 6.07) is 0.476. The van der Waals surface area contributed by atoms with Crippen LogP contribution in [0.15, 0.2) is 12.7 Å². The number of carbonyl (C=O) groups is 1. The second-order valence-corrected chi connectivity index (χ2v) is 5.86. The van der Waals surface area contributed by atoms with Crippen molar-refractivity contribution in [1.29, 1.82) is 0 Å². The van der Waals surface area contributed by atoms with Crippen molar-refractivity contribution in [3.8, 4) is 0 Å². The maximum absolute atomic E-state index is 12.4. The van der Waals surface area contributed by atoms with Gasteiger partial charge < -0.3 is 4.90 Å². The number of rotatable bonds is 10. The van der Waals surface area contributed by atoms with Crippen LogP contribution in [-0.4, -0.2) is 23.4 Å². The van der Waals surface area contributed by atoms with Crippen LogP contribution in [0.25, 0.3) is 0 Å². The predicted octanol–water partition coefficient (Wildman–Crippen LogP) is 4.55. The molecule has 0 N–H and O–H groups in total. The van der Waals surface area contributed by atoms with Gasteiger partial charge in [-0.1, -0.05) is 58.4 Å². The normalized spacial score (nSPS) is 23.1. The maximum Gasteiger partial charge on any atom is 0.226 e. The fraction of sp³-hybridized carbons (Fsp3) is 0.824. The van der Waals surface area contributed by atoms with Crippen LogP contribution in [0.5, 0.6) is 0 Å². The molecule has 0 bridgehead atoms. The topological polar surface area (TPSA) is 20.3 Å². The maximum atomic E-state index is 12.4. The third-order valence-electron chi connectivity index (χ3n) is 4.25. The van der Waals surface area contributed by atoms with Crippen molar-refractivity contribution in [2.45, 2.75) is 77.7 Å². The molecule has 0 aromatic carbocycles. The zero-order valence-corrected chi connectivity index (χ0v) is 12.9. The van der Waals surface area contributed by atoms with E-state index >= 15 is 0 Å². The summed E-state index contributed by atoms with van der Waals surface area (Å²) in [5, 5.41) is 0. The second-order valence-electron chi connectivity index (χ2n) is 5.86. The van der Waals surface area contributed by atoms with E-state index in [9.17, 15) is 4.79 Å². The van der Waals surface area contributed by atoms with Crippen molar-refractivity contribution in [3.63, 3.8) is 0 Å². The molecule has 2 unspecified atom stereocenters. The van der Waals surface area contributed by atoms with E-state index in [-0.39, 0.29) is 5.92 Å². The Labute approximate surface area is 119 Å². The summed E-state index contributed by atoms with van der Waals surface area (Å²) >= 11 is 0. The molecule has 1 heterocycles. The van der Waals surface area contributed by atoms with E-state index in [1.807, 2.05) is 6.08 Å². The van der Waals surface area contributed by atoms with E-state index in [1.54, 1.807) is 0 Å². The summed E-state index contributed by atoms with van der Waals surface area (Å²) in [6.07, 6.45) is 12.7. The van der Waals surface area contributed by atoms with Crippen molar-refractivity contribution in [3.05, 3.63) is 12.7 Å². The van der Waals surface area contributed by atoms with Gasteiger partial charge in [0.1, 0.15) is 0 Å². The lowest BCUT2D eigenvalue weighted by atomic mass is 9.96. The molecule has 2 atom stereocenters. The van der Waals surface area contributed by atoms with E-state index < -0.39 is 0 Å². The van der Waals surface area contributed by atoms with Crippen LogP contribution >= 0.6 is 0 Å². The van der Waals surface area contributed by atoms with Crippen LogP contribution in [0.2, 0.25) is 0 Å². The predicted molar refractivity (Wildman–Crippen MR) is 82.1 cm³/mol. The third kappa shape index (κ3) is 5.00. The summed E-state index contributed by atoms with van der Waals surface area (Å²) in [4.78, 5) is 14.5. The number of amides is 1. The van der Waals surface area contributed by atoms with Gasteiger partial charge in [-0.15, -0.1) is 6.58 Å². The van der Waals surface area contributed by atoms with Crippen molar-refractivity contribution in [1.82, 2.24) is 4.90 Å². The minimum absolute atomic E-state index is 0.290. The van der Waals surface area contributed by atoms with Gasteiger partial charge in [0, 0.05) is 18.5 Å². The Kier molecular flexibility index (Phi) is 7.85. The summed E-state index contributed by atoms with van der Waals surface area (Å²) in [7, 11) is 0. The first-order valence-corrected chi connectivity index (χ1v) is 8.15. The Morgan fingerprint density at radius 2 is 1.79 bits per heavy atom. The molecule has 0 saturated carbocycles. The van der Waals surface area contributed by atoms with Gasteiger partial charge in [-0.05, 0) is 19.3 Å². The van der Waals surface area contributed by atoms with E-state index in [4.69, 9.17) is 0 Å². The molecule has 110 valence electrons. The van der Waals surface area contributed by atoms with Crippen molar-refractivity contribution in [2.24, 2.45) is 5.92 Å². The summed E-state index contributed by atoms with van der Waals surface area (Å²) < 4.78 is 0. The Hall–Kier alpha value is -0.790. The third-order valence-corrected chi connectivity index (χ3v) is 4.25. The Morgan fingerprint density at radius 1 is 1.16 bits per heavy atom. The molecule has 1 saturated heterocycles. The number of hydrogen-bond acceptors (Lipinski definition) is 1. The number of likely N-dealkylation sites (tertiary alicyclic amines) is 1. The highest BCUT2D eigenvalue weighted by Gasteiger charge is 2.37. The summed E-state index contributed by atoms with van der Waals surface area (Å²) in [6.45, 7) is 8.98. The summed E-state index contributed by atoms with van der Waals surface area (Å²) in [5.41, 5.74) is 0. The van der Waals surface area contributed by atoms with E-state index in [0.29, 0.717) is 11.9 Å². The SMILES string of the molecule is C=CCN1C(=O)C(CCCCC)CC1CCCCC. The average molecular weight is 265 g/mol. The lowest BCUT2D eigenvalue weighted by molar-refractivity contribution is -0.131. The smallest absolute Gasteiger partial charge is 0.226 e. The van der Waals surface area contributed by atoms with Gasteiger partial charge in [-0.3, -0.25) is 4.79 Å². The molecule has 19 heavy (non-hydrogen) atoms. The number of carbonyl (C=O) groups excluding carboxylic acids is 1. The van der Waals surface area contributed by atoms with Crippen LogP contribution in [0.3, 0.4) is 0 Å². The minimum atomic E-state index is 0.290. The van der Waals surface area contributed by atoms with E-state index in [2.05, 4.69) is 25.3 Å². The van der Waals surface area contributed by atoms with Crippen LogP contribution in [0.1, 0.15) is 71.6 Å². The number of unbranched alkanes of at least 4 members (excludes halogenated alkanes) is 4. The monoisotopic (exact) mass is 265 g/mol. The second kappa shape index (κ2) is 9.17. The first kappa shape index (κ1) is 16.3.